The quantitative estimate of drug-likeness (QED) is 0.577. The van der Waals surface area contributed by atoms with E-state index in [4.69, 9.17) is 9.47 Å². The summed E-state index contributed by atoms with van der Waals surface area (Å²) < 4.78 is 11.8. The molecule has 2 aromatic carbocycles. The molecule has 0 aliphatic rings. The van der Waals surface area contributed by atoms with Gasteiger partial charge in [0.1, 0.15) is 18.1 Å². The second-order valence-electron chi connectivity index (χ2n) is 6.85. The fourth-order valence-electron chi connectivity index (χ4n) is 2.86. The lowest BCUT2D eigenvalue weighted by molar-refractivity contribution is 0.0953. The maximum atomic E-state index is 12.4. The van der Waals surface area contributed by atoms with Crippen LogP contribution >= 0.6 is 0 Å². The summed E-state index contributed by atoms with van der Waals surface area (Å²) in [6, 6.07) is 13.6. The highest BCUT2D eigenvalue weighted by atomic mass is 16.5. The van der Waals surface area contributed by atoms with Crippen LogP contribution in [0.5, 0.6) is 11.5 Å². The van der Waals surface area contributed by atoms with Crippen molar-refractivity contribution in [3.8, 4) is 11.5 Å². The van der Waals surface area contributed by atoms with Crippen LogP contribution in [0.4, 0.5) is 0 Å². The second-order valence-corrected chi connectivity index (χ2v) is 6.85. The maximum absolute atomic E-state index is 12.4. The average Bonchev–Trinajstić information content (AvgIpc) is 2.67. The molecule has 0 aromatic heterocycles. The Bertz CT molecular complexity index is 740. The van der Waals surface area contributed by atoms with E-state index in [0.717, 1.165) is 29.9 Å². The standard InChI is InChI=1S/C23H31NO3/c1-5-7-14-24-23(25)18-12-13-21(26-6-2)19(15-18)16-27-22-11-9-8-10-20(22)17(3)4/h8-13,15,17H,5-7,14,16H2,1-4H3,(H,24,25). The number of para-hydroxylation sites is 1. The van der Waals surface area contributed by atoms with Gasteiger partial charge in [-0.05, 0) is 49.1 Å². The zero-order valence-corrected chi connectivity index (χ0v) is 16.9. The molecule has 4 heteroatoms. The molecular weight excluding hydrogens is 338 g/mol. The monoisotopic (exact) mass is 369 g/mol. The highest BCUT2D eigenvalue weighted by Crippen LogP contribution is 2.28. The summed E-state index contributed by atoms with van der Waals surface area (Å²) in [6.07, 6.45) is 2.03. The summed E-state index contributed by atoms with van der Waals surface area (Å²) >= 11 is 0. The Hall–Kier alpha value is -2.49. The van der Waals surface area contributed by atoms with Crippen LogP contribution in [0.2, 0.25) is 0 Å². The Kier molecular flexibility index (Phi) is 8.18. The number of carbonyl (C=O) groups is 1. The highest BCUT2D eigenvalue weighted by Gasteiger charge is 2.13. The Balaban J connectivity index is 2.18. The molecule has 27 heavy (non-hydrogen) atoms. The molecule has 1 N–H and O–H groups in total. The minimum Gasteiger partial charge on any atom is -0.493 e. The van der Waals surface area contributed by atoms with Crippen LogP contribution in [0.3, 0.4) is 0 Å². The number of hydrogen-bond acceptors (Lipinski definition) is 3. The van der Waals surface area contributed by atoms with Gasteiger partial charge in [0.25, 0.3) is 5.91 Å². The van der Waals surface area contributed by atoms with E-state index < -0.39 is 0 Å². The van der Waals surface area contributed by atoms with Crippen molar-refractivity contribution in [3.05, 3.63) is 59.2 Å². The van der Waals surface area contributed by atoms with Crippen molar-refractivity contribution in [2.24, 2.45) is 0 Å². The number of benzene rings is 2. The van der Waals surface area contributed by atoms with Crippen LogP contribution in [0.1, 0.15) is 67.9 Å². The number of rotatable bonds is 10. The zero-order valence-electron chi connectivity index (χ0n) is 16.9. The average molecular weight is 370 g/mol. The fraction of sp³-hybridized carbons (Fsp3) is 0.435. The fourth-order valence-corrected chi connectivity index (χ4v) is 2.86. The minimum absolute atomic E-state index is 0.0599. The number of carbonyl (C=O) groups excluding carboxylic acids is 1. The molecule has 0 radical (unpaired) electrons. The molecule has 0 unspecified atom stereocenters. The number of amides is 1. The Morgan fingerprint density at radius 2 is 1.81 bits per heavy atom. The molecule has 0 heterocycles. The molecule has 0 aliphatic heterocycles. The minimum atomic E-state index is -0.0599. The first kappa shape index (κ1) is 20.8. The molecule has 1 amide bonds. The second kappa shape index (κ2) is 10.6. The van der Waals surface area contributed by atoms with Crippen LogP contribution in [-0.4, -0.2) is 19.1 Å². The number of unbranched alkanes of at least 4 members (excludes halogenated alkanes) is 1. The van der Waals surface area contributed by atoms with Gasteiger partial charge >= 0.3 is 0 Å². The molecule has 0 bridgehead atoms. The smallest absolute Gasteiger partial charge is 0.251 e. The first-order valence-electron chi connectivity index (χ1n) is 9.82. The van der Waals surface area contributed by atoms with Gasteiger partial charge in [-0.3, -0.25) is 4.79 Å². The molecule has 4 nitrogen and oxygen atoms in total. The normalized spacial score (nSPS) is 10.7. The summed E-state index contributed by atoms with van der Waals surface area (Å²) in [5, 5.41) is 2.96. The van der Waals surface area contributed by atoms with Gasteiger partial charge in [0, 0.05) is 17.7 Å². The molecule has 2 aromatic rings. The third-order valence-corrected chi connectivity index (χ3v) is 4.36. The molecule has 0 atom stereocenters. The van der Waals surface area contributed by atoms with E-state index in [1.54, 1.807) is 6.07 Å². The van der Waals surface area contributed by atoms with E-state index in [1.807, 2.05) is 37.3 Å². The van der Waals surface area contributed by atoms with Crippen molar-refractivity contribution in [2.75, 3.05) is 13.2 Å². The van der Waals surface area contributed by atoms with E-state index in [-0.39, 0.29) is 5.91 Å². The third-order valence-electron chi connectivity index (χ3n) is 4.36. The Morgan fingerprint density at radius 1 is 1.04 bits per heavy atom. The van der Waals surface area contributed by atoms with Gasteiger partial charge < -0.3 is 14.8 Å². The maximum Gasteiger partial charge on any atom is 0.251 e. The van der Waals surface area contributed by atoms with E-state index >= 15 is 0 Å². The molecule has 146 valence electrons. The van der Waals surface area contributed by atoms with Crippen LogP contribution in [0.15, 0.2) is 42.5 Å². The SMILES string of the molecule is CCCCNC(=O)c1ccc(OCC)c(COc2ccccc2C(C)C)c1. The number of nitrogens with one attached hydrogen (secondary N) is 1. The third kappa shape index (κ3) is 6.02. The summed E-state index contributed by atoms with van der Waals surface area (Å²) in [6.45, 7) is 9.96. The van der Waals surface area contributed by atoms with Crippen LogP contribution in [-0.2, 0) is 6.61 Å². The lowest BCUT2D eigenvalue weighted by Crippen LogP contribution is -2.24. The summed E-state index contributed by atoms with van der Waals surface area (Å²) in [5.74, 6) is 1.94. The van der Waals surface area contributed by atoms with Crippen molar-refractivity contribution in [2.45, 2.75) is 53.1 Å². The largest absolute Gasteiger partial charge is 0.493 e. The van der Waals surface area contributed by atoms with Crippen molar-refractivity contribution in [1.82, 2.24) is 5.32 Å². The van der Waals surface area contributed by atoms with Crippen LogP contribution < -0.4 is 14.8 Å². The predicted octanol–water partition coefficient (Wildman–Crippen LogP) is 5.32. The molecular formula is C23H31NO3. The van der Waals surface area contributed by atoms with E-state index in [1.165, 1.54) is 5.56 Å². The zero-order chi connectivity index (χ0) is 19.6. The first-order chi connectivity index (χ1) is 13.1. The molecule has 0 aliphatic carbocycles. The molecule has 0 saturated carbocycles. The van der Waals surface area contributed by atoms with Crippen molar-refractivity contribution < 1.29 is 14.3 Å². The van der Waals surface area contributed by atoms with Gasteiger partial charge in [-0.15, -0.1) is 0 Å². The Labute approximate surface area is 162 Å². The van der Waals surface area contributed by atoms with Gasteiger partial charge in [0.15, 0.2) is 0 Å². The van der Waals surface area contributed by atoms with Gasteiger partial charge in [-0.25, -0.2) is 0 Å². The van der Waals surface area contributed by atoms with E-state index in [9.17, 15) is 4.79 Å². The van der Waals surface area contributed by atoms with Gasteiger partial charge in [-0.2, -0.15) is 0 Å². The number of hydrogen-bond donors (Lipinski definition) is 1. The first-order valence-corrected chi connectivity index (χ1v) is 9.82. The lowest BCUT2D eigenvalue weighted by Gasteiger charge is -2.16. The van der Waals surface area contributed by atoms with Crippen LogP contribution in [0.25, 0.3) is 0 Å². The Morgan fingerprint density at radius 3 is 2.52 bits per heavy atom. The summed E-state index contributed by atoms with van der Waals surface area (Å²) in [5.41, 5.74) is 2.67. The van der Waals surface area contributed by atoms with E-state index in [2.05, 4.69) is 32.2 Å². The van der Waals surface area contributed by atoms with Gasteiger partial charge in [0.2, 0.25) is 0 Å². The lowest BCUT2D eigenvalue weighted by atomic mass is 10.0. The number of ether oxygens (including phenoxy) is 2. The molecule has 2 rings (SSSR count). The predicted molar refractivity (Wildman–Crippen MR) is 110 cm³/mol. The van der Waals surface area contributed by atoms with Crippen molar-refractivity contribution >= 4 is 5.91 Å². The molecule has 0 spiro atoms. The topological polar surface area (TPSA) is 47.6 Å². The summed E-state index contributed by atoms with van der Waals surface area (Å²) in [7, 11) is 0. The highest BCUT2D eigenvalue weighted by molar-refractivity contribution is 5.94. The van der Waals surface area contributed by atoms with Gasteiger partial charge in [0.05, 0.1) is 6.61 Å². The molecule has 0 fully saturated rings. The van der Waals surface area contributed by atoms with Crippen LogP contribution in [0, 0.1) is 0 Å². The van der Waals surface area contributed by atoms with Gasteiger partial charge in [-0.1, -0.05) is 45.4 Å². The van der Waals surface area contributed by atoms with E-state index in [0.29, 0.717) is 31.2 Å². The van der Waals surface area contributed by atoms with Crippen molar-refractivity contribution in [3.63, 3.8) is 0 Å². The van der Waals surface area contributed by atoms with Crippen molar-refractivity contribution in [1.29, 1.82) is 0 Å². The summed E-state index contributed by atoms with van der Waals surface area (Å²) in [4.78, 5) is 12.4. The molecule has 0 saturated heterocycles.